The number of benzene rings is 1. The molecule has 0 spiro atoms. The van der Waals surface area contributed by atoms with Crippen molar-refractivity contribution in [1.82, 2.24) is 15.0 Å². The van der Waals surface area contributed by atoms with Crippen LogP contribution in [-0.2, 0) is 27.3 Å². The number of likely N-dealkylation sites (tertiary alicyclic amines) is 1. The first-order valence-corrected chi connectivity index (χ1v) is 13.6. The summed E-state index contributed by atoms with van der Waals surface area (Å²) in [6.45, 7) is 2.25. The maximum atomic E-state index is 14.5. The summed E-state index contributed by atoms with van der Waals surface area (Å²) in [5.74, 6) is -1.34. The molecule has 2 fully saturated rings. The van der Waals surface area contributed by atoms with Crippen molar-refractivity contribution in [2.75, 3.05) is 26.0 Å². The van der Waals surface area contributed by atoms with E-state index in [0.717, 1.165) is 50.8 Å². The maximum absolute atomic E-state index is 14.5. The number of hydrogen-bond acceptors (Lipinski definition) is 7. The summed E-state index contributed by atoms with van der Waals surface area (Å²) in [6, 6.07) is 4.16. The van der Waals surface area contributed by atoms with Gasteiger partial charge in [-0.1, -0.05) is 11.2 Å². The Hall–Kier alpha value is -2.05. The fourth-order valence-electron chi connectivity index (χ4n) is 4.82. The van der Waals surface area contributed by atoms with E-state index in [1.165, 1.54) is 6.07 Å². The van der Waals surface area contributed by atoms with E-state index < -0.39 is 27.7 Å². The van der Waals surface area contributed by atoms with Crippen LogP contribution in [0.1, 0.15) is 61.7 Å². The van der Waals surface area contributed by atoms with E-state index in [4.69, 9.17) is 9.26 Å². The Morgan fingerprint density at radius 1 is 1.11 bits per heavy atom. The molecule has 1 saturated heterocycles. The van der Waals surface area contributed by atoms with E-state index in [0.29, 0.717) is 31.2 Å². The molecule has 0 atom stereocenters. The minimum Gasteiger partial charge on any atom is -0.378 e. The molecule has 0 bridgehead atoms. The lowest BCUT2D eigenvalue weighted by molar-refractivity contribution is -0.146. The fourth-order valence-corrected chi connectivity index (χ4v) is 5.45. The molecule has 2 aromatic rings. The number of piperidine rings is 1. The Balaban J connectivity index is 1.17. The Labute approximate surface area is 201 Å². The molecular weight excluding hydrogens is 490 g/mol. The predicted molar refractivity (Wildman–Crippen MR) is 118 cm³/mol. The van der Waals surface area contributed by atoms with Gasteiger partial charge in [-0.05, 0) is 81.1 Å². The van der Waals surface area contributed by atoms with Crippen molar-refractivity contribution in [3.05, 3.63) is 41.3 Å². The van der Waals surface area contributed by atoms with Gasteiger partial charge in [0, 0.05) is 12.9 Å². The molecule has 1 aromatic heterocycles. The van der Waals surface area contributed by atoms with Crippen LogP contribution in [-0.4, -0.2) is 55.5 Å². The third-order valence-corrected chi connectivity index (χ3v) is 7.98. The molecule has 2 aliphatic rings. The Kier molecular flexibility index (Phi) is 7.82. The highest BCUT2D eigenvalue weighted by Gasteiger charge is 2.37. The smallest absolute Gasteiger partial charge is 0.378 e. The van der Waals surface area contributed by atoms with E-state index in [2.05, 4.69) is 10.1 Å². The minimum atomic E-state index is -4.61. The number of sulfone groups is 1. The van der Waals surface area contributed by atoms with E-state index >= 15 is 0 Å². The number of halogens is 4. The first kappa shape index (κ1) is 26.0. The normalized spacial score (nSPS) is 23.0. The lowest BCUT2D eigenvalue weighted by Crippen LogP contribution is -2.35. The second kappa shape index (κ2) is 10.5. The van der Waals surface area contributed by atoms with Gasteiger partial charge >= 0.3 is 6.18 Å². The van der Waals surface area contributed by atoms with Crippen LogP contribution in [0.15, 0.2) is 27.6 Å². The molecule has 0 unspecified atom stereocenters. The summed E-state index contributed by atoms with van der Waals surface area (Å²) in [6.07, 6.45) is 1.50. The van der Waals surface area contributed by atoms with E-state index in [1.807, 2.05) is 4.90 Å². The van der Waals surface area contributed by atoms with Gasteiger partial charge in [-0.3, -0.25) is 4.90 Å². The van der Waals surface area contributed by atoms with E-state index in [-0.39, 0.29) is 29.4 Å². The van der Waals surface area contributed by atoms with Gasteiger partial charge < -0.3 is 9.26 Å². The highest BCUT2D eigenvalue weighted by molar-refractivity contribution is 7.90. The molecule has 1 aliphatic carbocycles. The van der Waals surface area contributed by atoms with Crippen molar-refractivity contribution in [2.24, 2.45) is 5.92 Å². The maximum Gasteiger partial charge on any atom is 0.455 e. The number of ether oxygens (including phenoxy) is 1. The van der Waals surface area contributed by atoms with E-state index in [1.54, 1.807) is 6.07 Å². The highest BCUT2D eigenvalue weighted by atomic mass is 32.2. The predicted octanol–water partition coefficient (Wildman–Crippen LogP) is 4.59. The van der Waals surface area contributed by atoms with Gasteiger partial charge in [0.05, 0.1) is 17.5 Å². The summed E-state index contributed by atoms with van der Waals surface area (Å²) in [5.41, 5.74) is 0.562. The molecule has 0 radical (unpaired) electrons. The van der Waals surface area contributed by atoms with Crippen molar-refractivity contribution in [3.63, 3.8) is 0 Å². The van der Waals surface area contributed by atoms with Crippen LogP contribution in [0.5, 0.6) is 0 Å². The van der Waals surface area contributed by atoms with Gasteiger partial charge in [0.25, 0.3) is 5.82 Å². The van der Waals surface area contributed by atoms with Crippen LogP contribution in [0.2, 0.25) is 0 Å². The average molecular weight is 520 g/mol. The number of rotatable bonds is 7. The quantitative estimate of drug-likeness (QED) is 0.495. The molecule has 1 aromatic carbocycles. The van der Waals surface area contributed by atoms with E-state index in [9.17, 15) is 26.0 Å². The monoisotopic (exact) mass is 519 g/mol. The Morgan fingerprint density at radius 2 is 1.80 bits per heavy atom. The molecule has 2 heterocycles. The number of aromatic nitrogens is 2. The zero-order chi connectivity index (χ0) is 25.2. The average Bonchev–Trinajstić information content (AvgIpc) is 3.28. The summed E-state index contributed by atoms with van der Waals surface area (Å²) in [5, 5.41) is 2.99. The Morgan fingerprint density at radius 3 is 2.37 bits per heavy atom. The first-order chi connectivity index (χ1) is 16.5. The second-order valence-corrected chi connectivity index (χ2v) is 11.5. The Bertz CT molecular complexity index is 1110. The number of alkyl halides is 3. The number of nitrogens with zero attached hydrogens (tertiary/aromatic N) is 3. The largest absolute Gasteiger partial charge is 0.455 e. The van der Waals surface area contributed by atoms with Crippen LogP contribution < -0.4 is 0 Å². The number of hydrogen-bond donors (Lipinski definition) is 0. The van der Waals surface area contributed by atoms with Gasteiger partial charge in [0.1, 0.15) is 5.82 Å². The zero-order valence-electron chi connectivity index (χ0n) is 19.4. The lowest BCUT2D eigenvalue weighted by atomic mass is 9.82. The summed E-state index contributed by atoms with van der Waals surface area (Å²) >= 11 is 0. The molecule has 35 heavy (non-hydrogen) atoms. The molecule has 1 aliphatic heterocycles. The molecule has 0 amide bonds. The minimum absolute atomic E-state index is 0.00929. The molecule has 12 heteroatoms. The van der Waals surface area contributed by atoms with Crippen LogP contribution in [0.25, 0.3) is 0 Å². The fraction of sp³-hybridized carbons (Fsp3) is 0.652. The van der Waals surface area contributed by atoms with Crippen molar-refractivity contribution >= 4 is 9.84 Å². The molecule has 7 nitrogen and oxygen atoms in total. The third kappa shape index (κ3) is 6.79. The van der Waals surface area contributed by atoms with Gasteiger partial charge in [-0.2, -0.15) is 18.2 Å². The lowest BCUT2D eigenvalue weighted by Gasteiger charge is -2.33. The zero-order valence-corrected chi connectivity index (χ0v) is 20.2. The SMILES string of the molecule is CS(=O)(=O)c1ccc(C2CCC(OCC3CCN(Cc4nc(C(F)(F)F)no4)CC3)CC2)c(F)c1. The van der Waals surface area contributed by atoms with Gasteiger partial charge in [0.2, 0.25) is 5.89 Å². The molecule has 4 rings (SSSR count). The van der Waals surface area contributed by atoms with Crippen molar-refractivity contribution in [3.8, 4) is 0 Å². The molecule has 194 valence electrons. The van der Waals surface area contributed by atoms with Crippen molar-refractivity contribution in [1.29, 1.82) is 0 Å². The van der Waals surface area contributed by atoms with Crippen molar-refractivity contribution in [2.45, 2.75) is 68.2 Å². The summed E-state index contributed by atoms with van der Waals surface area (Å²) in [4.78, 5) is 5.41. The third-order valence-electron chi connectivity index (χ3n) is 6.87. The standard InChI is InChI=1S/C23H29F4N3O4S/c1-35(31,32)18-6-7-19(20(24)12-18)16-2-4-17(5-3-16)33-14-15-8-10-30(11-9-15)13-21-28-22(29-34-21)23(25,26)27/h6-7,12,15-17H,2-5,8-11,13-14H2,1H3. The van der Waals surface area contributed by atoms with Crippen LogP contribution >= 0.6 is 0 Å². The molecule has 1 saturated carbocycles. The van der Waals surface area contributed by atoms with Gasteiger partial charge in [-0.15, -0.1) is 0 Å². The second-order valence-electron chi connectivity index (χ2n) is 9.49. The van der Waals surface area contributed by atoms with Crippen LogP contribution in [0.3, 0.4) is 0 Å². The summed E-state index contributed by atoms with van der Waals surface area (Å²) < 4.78 is 86.4. The van der Waals surface area contributed by atoms with Gasteiger partial charge in [0.15, 0.2) is 9.84 Å². The van der Waals surface area contributed by atoms with Gasteiger partial charge in [-0.25, -0.2) is 12.8 Å². The first-order valence-electron chi connectivity index (χ1n) is 11.7. The van der Waals surface area contributed by atoms with Crippen LogP contribution in [0, 0.1) is 11.7 Å². The molecular formula is C23H29F4N3O4S. The topological polar surface area (TPSA) is 85.5 Å². The molecule has 0 N–H and O–H groups in total. The van der Waals surface area contributed by atoms with Crippen molar-refractivity contribution < 1.29 is 35.2 Å². The highest BCUT2D eigenvalue weighted by Crippen LogP contribution is 2.36. The summed E-state index contributed by atoms with van der Waals surface area (Å²) in [7, 11) is -3.44. The van der Waals surface area contributed by atoms with Crippen LogP contribution in [0.4, 0.5) is 17.6 Å².